The van der Waals surface area contributed by atoms with Crippen LogP contribution in [0, 0.1) is 6.92 Å². The van der Waals surface area contributed by atoms with Gasteiger partial charge in [0, 0.05) is 28.3 Å². The molecule has 1 amide bonds. The number of hydrogen-bond acceptors (Lipinski definition) is 2. The number of rotatable bonds is 2. The minimum Gasteiger partial charge on any atom is -0.366 e. The van der Waals surface area contributed by atoms with Crippen LogP contribution < -0.4 is 11.2 Å². The van der Waals surface area contributed by atoms with Crippen LogP contribution >= 0.6 is 0 Å². The molecule has 1 heterocycles. The Morgan fingerprint density at radius 1 is 1.10 bits per heavy atom. The molecule has 3 rings (SSSR count). The van der Waals surface area contributed by atoms with Gasteiger partial charge in [0.05, 0.1) is 5.52 Å². The van der Waals surface area contributed by atoms with E-state index in [1.54, 1.807) is 24.3 Å². The Morgan fingerprint density at radius 2 is 1.81 bits per heavy atom. The molecule has 4 nitrogen and oxygen atoms in total. The molecule has 0 bridgehead atoms. The number of pyridine rings is 1. The Labute approximate surface area is 121 Å². The number of amides is 1. The molecular weight excluding hydrogens is 264 g/mol. The Kier molecular flexibility index (Phi) is 3.06. The molecule has 3 aromatic rings. The van der Waals surface area contributed by atoms with Gasteiger partial charge < -0.3 is 10.7 Å². The molecule has 0 aliphatic heterocycles. The molecular formula is C17H14N2O2. The van der Waals surface area contributed by atoms with Crippen LogP contribution in [0.3, 0.4) is 0 Å². The first-order valence-electron chi connectivity index (χ1n) is 6.59. The molecule has 104 valence electrons. The first kappa shape index (κ1) is 13.1. The predicted molar refractivity (Wildman–Crippen MR) is 83.3 cm³/mol. The molecule has 0 spiro atoms. The molecule has 0 radical (unpaired) electrons. The van der Waals surface area contributed by atoms with Gasteiger partial charge in [-0.05, 0) is 30.7 Å². The lowest BCUT2D eigenvalue weighted by Gasteiger charge is -2.08. The number of primary amides is 1. The van der Waals surface area contributed by atoms with Crippen molar-refractivity contribution >= 4 is 16.8 Å². The summed E-state index contributed by atoms with van der Waals surface area (Å²) in [4.78, 5) is 26.4. The van der Waals surface area contributed by atoms with Crippen molar-refractivity contribution in [1.82, 2.24) is 4.98 Å². The van der Waals surface area contributed by atoms with E-state index in [2.05, 4.69) is 4.98 Å². The average Bonchev–Trinajstić information content (AvgIpc) is 2.46. The van der Waals surface area contributed by atoms with E-state index in [1.807, 2.05) is 31.2 Å². The highest BCUT2D eigenvalue weighted by Gasteiger charge is 2.08. The second-order valence-electron chi connectivity index (χ2n) is 4.99. The summed E-state index contributed by atoms with van der Waals surface area (Å²) in [6.07, 6.45) is 0. The monoisotopic (exact) mass is 278 g/mol. The average molecular weight is 278 g/mol. The third-order valence-corrected chi connectivity index (χ3v) is 3.48. The highest BCUT2D eigenvalue weighted by Crippen LogP contribution is 2.26. The van der Waals surface area contributed by atoms with Crippen molar-refractivity contribution in [3.05, 3.63) is 70.0 Å². The standard InChI is InChI=1S/C17H14N2O2/c1-10-9-15(20)14-4-2-3-13(16(14)19-10)11-5-7-12(8-6-11)17(18)21/h2-9H,1H3,(H2,18,21)(H,19,20). The number of benzene rings is 2. The highest BCUT2D eigenvalue weighted by molar-refractivity contribution is 5.96. The maximum Gasteiger partial charge on any atom is 0.248 e. The summed E-state index contributed by atoms with van der Waals surface area (Å²) in [7, 11) is 0. The summed E-state index contributed by atoms with van der Waals surface area (Å²) in [5.74, 6) is -0.455. The van der Waals surface area contributed by atoms with Gasteiger partial charge >= 0.3 is 0 Å². The van der Waals surface area contributed by atoms with E-state index in [0.29, 0.717) is 10.9 Å². The number of aromatic nitrogens is 1. The van der Waals surface area contributed by atoms with Crippen LogP contribution in [0.15, 0.2) is 53.3 Å². The van der Waals surface area contributed by atoms with E-state index in [0.717, 1.165) is 22.3 Å². The Morgan fingerprint density at radius 3 is 2.48 bits per heavy atom. The summed E-state index contributed by atoms with van der Waals surface area (Å²) in [5, 5.41) is 0.650. The van der Waals surface area contributed by atoms with E-state index in [4.69, 9.17) is 5.73 Å². The number of carbonyl (C=O) groups excluding carboxylic acids is 1. The van der Waals surface area contributed by atoms with Crippen molar-refractivity contribution in [2.75, 3.05) is 0 Å². The number of carbonyl (C=O) groups is 1. The Balaban J connectivity index is 2.25. The van der Waals surface area contributed by atoms with Crippen molar-refractivity contribution in [3.63, 3.8) is 0 Å². The highest BCUT2D eigenvalue weighted by atomic mass is 16.1. The van der Waals surface area contributed by atoms with E-state index < -0.39 is 5.91 Å². The smallest absolute Gasteiger partial charge is 0.248 e. The zero-order valence-corrected chi connectivity index (χ0v) is 11.5. The Bertz CT molecular complexity index is 893. The molecule has 3 N–H and O–H groups in total. The van der Waals surface area contributed by atoms with E-state index in [-0.39, 0.29) is 5.43 Å². The maximum atomic E-state index is 12.0. The zero-order valence-electron chi connectivity index (χ0n) is 11.5. The Hall–Kier alpha value is -2.88. The SMILES string of the molecule is Cc1cc(=O)c2cccc(-c3ccc(C(N)=O)cc3)c2[nH]1. The third kappa shape index (κ3) is 2.31. The molecule has 0 saturated heterocycles. The number of aryl methyl sites for hydroxylation is 1. The number of nitrogens with one attached hydrogen (secondary N) is 1. The lowest BCUT2D eigenvalue weighted by molar-refractivity contribution is 0.100. The van der Waals surface area contributed by atoms with Crippen LogP contribution in [0.1, 0.15) is 16.1 Å². The van der Waals surface area contributed by atoms with E-state index in [1.165, 1.54) is 0 Å². The predicted octanol–water partition coefficient (Wildman–Crippen LogP) is 2.60. The van der Waals surface area contributed by atoms with Crippen molar-refractivity contribution in [2.24, 2.45) is 5.73 Å². The van der Waals surface area contributed by atoms with Crippen LogP contribution in [0.25, 0.3) is 22.0 Å². The first-order valence-corrected chi connectivity index (χ1v) is 6.59. The van der Waals surface area contributed by atoms with Crippen LogP contribution in [0.4, 0.5) is 0 Å². The number of hydrogen-bond donors (Lipinski definition) is 2. The molecule has 21 heavy (non-hydrogen) atoms. The van der Waals surface area contributed by atoms with Gasteiger partial charge in [-0.2, -0.15) is 0 Å². The molecule has 2 aromatic carbocycles. The summed E-state index contributed by atoms with van der Waals surface area (Å²) >= 11 is 0. The summed E-state index contributed by atoms with van der Waals surface area (Å²) in [6, 6.07) is 14.2. The number of H-pyrrole nitrogens is 1. The van der Waals surface area contributed by atoms with E-state index >= 15 is 0 Å². The van der Waals surface area contributed by atoms with Crippen molar-refractivity contribution < 1.29 is 4.79 Å². The summed E-state index contributed by atoms with van der Waals surface area (Å²) < 4.78 is 0. The first-order chi connectivity index (χ1) is 10.1. The largest absolute Gasteiger partial charge is 0.366 e. The fourth-order valence-corrected chi connectivity index (χ4v) is 2.45. The number of nitrogens with two attached hydrogens (primary N) is 1. The lowest BCUT2D eigenvalue weighted by atomic mass is 10.0. The van der Waals surface area contributed by atoms with Gasteiger partial charge in [-0.15, -0.1) is 0 Å². The van der Waals surface area contributed by atoms with Gasteiger partial charge in [0.1, 0.15) is 0 Å². The van der Waals surface area contributed by atoms with Crippen molar-refractivity contribution in [1.29, 1.82) is 0 Å². The van der Waals surface area contributed by atoms with Crippen LogP contribution in [0.2, 0.25) is 0 Å². The number of para-hydroxylation sites is 1. The zero-order chi connectivity index (χ0) is 15.0. The molecule has 4 heteroatoms. The normalized spacial score (nSPS) is 10.7. The minimum atomic E-state index is -0.455. The van der Waals surface area contributed by atoms with Crippen molar-refractivity contribution in [3.8, 4) is 11.1 Å². The molecule has 0 atom stereocenters. The molecule has 1 aromatic heterocycles. The topological polar surface area (TPSA) is 76.0 Å². The quantitative estimate of drug-likeness (QED) is 0.756. The number of fused-ring (bicyclic) bond motifs is 1. The lowest BCUT2D eigenvalue weighted by Crippen LogP contribution is -2.10. The summed E-state index contributed by atoms with van der Waals surface area (Å²) in [5.41, 5.74) is 9.16. The van der Waals surface area contributed by atoms with Gasteiger partial charge in [0.15, 0.2) is 5.43 Å². The third-order valence-electron chi connectivity index (χ3n) is 3.48. The van der Waals surface area contributed by atoms with Crippen LogP contribution in [0.5, 0.6) is 0 Å². The molecule has 0 saturated carbocycles. The molecule has 0 aliphatic rings. The van der Waals surface area contributed by atoms with Gasteiger partial charge in [-0.1, -0.05) is 24.3 Å². The maximum absolute atomic E-state index is 12.0. The number of aromatic amines is 1. The molecule has 0 aliphatic carbocycles. The van der Waals surface area contributed by atoms with Crippen molar-refractivity contribution in [2.45, 2.75) is 6.92 Å². The second-order valence-corrected chi connectivity index (χ2v) is 4.99. The van der Waals surface area contributed by atoms with Crippen LogP contribution in [-0.4, -0.2) is 10.9 Å². The molecule has 0 unspecified atom stereocenters. The summed E-state index contributed by atoms with van der Waals surface area (Å²) in [6.45, 7) is 1.85. The second kappa shape index (κ2) is 4.90. The van der Waals surface area contributed by atoms with Crippen LogP contribution in [-0.2, 0) is 0 Å². The van der Waals surface area contributed by atoms with Gasteiger partial charge in [0.2, 0.25) is 5.91 Å². The van der Waals surface area contributed by atoms with Gasteiger partial charge in [0.25, 0.3) is 0 Å². The van der Waals surface area contributed by atoms with Gasteiger partial charge in [-0.25, -0.2) is 0 Å². The minimum absolute atomic E-state index is 0.00291. The fraction of sp³-hybridized carbons (Fsp3) is 0.0588. The van der Waals surface area contributed by atoms with Gasteiger partial charge in [-0.3, -0.25) is 9.59 Å². The van der Waals surface area contributed by atoms with E-state index in [9.17, 15) is 9.59 Å². The fourth-order valence-electron chi connectivity index (χ4n) is 2.45. The molecule has 0 fully saturated rings.